The third kappa shape index (κ3) is 5.04. The Kier molecular flexibility index (Phi) is 6.20. The second-order valence-corrected chi connectivity index (χ2v) is 6.76. The molecule has 1 aliphatic heterocycles. The summed E-state index contributed by atoms with van der Waals surface area (Å²) in [6, 6.07) is 7.55. The summed E-state index contributed by atoms with van der Waals surface area (Å²) in [7, 11) is 0. The molecule has 1 aromatic carbocycles. The van der Waals surface area contributed by atoms with Crippen LogP contribution in [-0.2, 0) is 11.4 Å². The van der Waals surface area contributed by atoms with Crippen LogP contribution in [-0.4, -0.2) is 24.0 Å². The van der Waals surface area contributed by atoms with E-state index in [2.05, 4.69) is 15.6 Å². The van der Waals surface area contributed by atoms with Gasteiger partial charge in [-0.25, -0.2) is 4.98 Å². The molecule has 3 rings (SSSR count). The maximum Gasteiger partial charge on any atom is 0.224 e. The van der Waals surface area contributed by atoms with E-state index in [1.807, 2.05) is 29.6 Å². The van der Waals surface area contributed by atoms with Gasteiger partial charge in [-0.1, -0.05) is 12.1 Å². The van der Waals surface area contributed by atoms with Crippen LogP contribution in [0.4, 0.5) is 5.69 Å². The van der Waals surface area contributed by atoms with Crippen LogP contribution in [0.25, 0.3) is 0 Å². The average molecular weight is 345 g/mol. The third-order valence-electron chi connectivity index (χ3n) is 4.26. The molecule has 0 bridgehead atoms. The number of rotatable bonds is 7. The van der Waals surface area contributed by atoms with Crippen LogP contribution in [0, 0.1) is 5.92 Å². The Labute approximate surface area is 146 Å². The molecule has 0 spiro atoms. The van der Waals surface area contributed by atoms with Crippen LogP contribution in [0.2, 0.25) is 0 Å². The lowest BCUT2D eigenvalue weighted by Gasteiger charge is -2.22. The van der Waals surface area contributed by atoms with Gasteiger partial charge in [0.25, 0.3) is 0 Å². The SMILES string of the molecule is O=C(CCC1CCNCC1)Nc1ccccc1OCc1cscn1. The zero-order chi connectivity index (χ0) is 16.6. The number of aromatic nitrogens is 1. The molecule has 0 atom stereocenters. The molecule has 5 nitrogen and oxygen atoms in total. The zero-order valence-electron chi connectivity index (χ0n) is 13.7. The summed E-state index contributed by atoms with van der Waals surface area (Å²) in [4.78, 5) is 16.5. The van der Waals surface area contributed by atoms with Crippen molar-refractivity contribution in [1.82, 2.24) is 10.3 Å². The van der Waals surface area contributed by atoms with Crippen LogP contribution in [0.3, 0.4) is 0 Å². The van der Waals surface area contributed by atoms with Gasteiger partial charge in [0, 0.05) is 11.8 Å². The highest BCUT2D eigenvalue weighted by atomic mass is 32.1. The summed E-state index contributed by atoms with van der Waals surface area (Å²) >= 11 is 1.54. The highest BCUT2D eigenvalue weighted by Gasteiger charge is 2.15. The Morgan fingerprint density at radius 3 is 2.96 bits per heavy atom. The molecule has 1 saturated heterocycles. The third-order valence-corrected chi connectivity index (χ3v) is 4.89. The van der Waals surface area contributed by atoms with E-state index in [1.165, 1.54) is 12.8 Å². The quantitative estimate of drug-likeness (QED) is 0.807. The topological polar surface area (TPSA) is 63.2 Å². The predicted molar refractivity (Wildman–Crippen MR) is 96.3 cm³/mol. The van der Waals surface area contributed by atoms with Crippen LogP contribution < -0.4 is 15.4 Å². The minimum Gasteiger partial charge on any atom is -0.485 e. The molecule has 0 saturated carbocycles. The van der Waals surface area contributed by atoms with E-state index in [0.717, 1.165) is 30.9 Å². The van der Waals surface area contributed by atoms with Gasteiger partial charge in [0.05, 0.1) is 16.9 Å². The van der Waals surface area contributed by atoms with Crippen LogP contribution in [0.15, 0.2) is 35.2 Å². The van der Waals surface area contributed by atoms with Crippen molar-refractivity contribution < 1.29 is 9.53 Å². The molecule has 1 fully saturated rings. The van der Waals surface area contributed by atoms with Crippen molar-refractivity contribution in [2.45, 2.75) is 32.3 Å². The highest BCUT2D eigenvalue weighted by molar-refractivity contribution is 7.07. The van der Waals surface area contributed by atoms with E-state index in [-0.39, 0.29) is 5.91 Å². The normalized spacial score (nSPS) is 15.2. The summed E-state index contributed by atoms with van der Waals surface area (Å²) < 4.78 is 5.80. The molecule has 0 unspecified atom stereocenters. The molecule has 128 valence electrons. The molecule has 2 heterocycles. The largest absolute Gasteiger partial charge is 0.485 e. The molecule has 0 aliphatic carbocycles. The summed E-state index contributed by atoms with van der Waals surface area (Å²) in [5, 5.41) is 8.30. The number of carbonyl (C=O) groups excluding carboxylic acids is 1. The number of nitrogens with one attached hydrogen (secondary N) is 2. The fraction of sp³-hybridized carbons (Fsp3) is 0.444. The Morgan fingerprint density at radius 1 is 1.33 bits per heavy atom. The van der Waals surface area contributed by atoms with Crippen molar-refractivity contribution in [3.05, 3.63) is 40.8 Å². The number of hydrogen-bond acceptors (Lipinski definition) is 5. The number of carbonyl (C=O) groups is 1. The Balaban J connectivity index is 1.51. The number of thiazole rings is 1. The smallest absolute Gasteiger partial charge is 0.224 e. The molecule has 2 aromatic rings. The lowest BCUT2D eigenvalue weighted by Crippen LogP contribution is -2.28. The number of benzene rings is 1. The van der Waals surface area contributed by atoms with E-state index < -0.39 is 0 Å². The number of nitrogens with zero attached hydrogens (tertiary/aromatic N) is 1. The minimum atomic E-state index is 0.0539. The summed E-state index contributed by atoms with van der Waals surface area (Å²) in [6.07, 6.45) is 3.85. The van der Waals surface area contributed by atoms with Gasteiger partial charge >= 0.3 is 0 Å². The second-order valence-electron chi connectivity index (χ2n) is 6.04. The number of amides is 1. The summed E-state index contributed by atoms with van der Waals surface area (Å²) in [6.45, 7) is 2.55. The minimum absolute atomic E-state index is 0.0539. The number of para-hydroxylation sites is 2. The van der Waals surface area contributed by atoms with Crippen molar-refractivity contribution in [1.29, 1.82) is 0 Å². The molecule has 1 aliphatic rings. The van der Waals surface area contributed by atoms with Gasteiger partial charge in [0.15, 0.2) is 0 Å². The second kappa shape index (κ2) is 8.80. The van der Waals surface area contributed by atoms with E-state index in [4.69, 9.17) is 4.74 Å². The van der Waals surface area contributed by atoms with E-state index in [1.54, 1.807) is 16.8 Å². The van der Waals surface area contributed by atoms with Crippen molar-refractivity contribution >= 4 is 22.9 Å². The summed E-state index contributed by atoms with van der Waals surface area (Å²) in [5.74, 6) is 1.40. The molecule has 1 aromatic heterocycles. The van der Waals surface area contributed by atoms with Gasteiger partial charge in [0.1, 0.15) is 12.4 Å². The highest BCUT2D eigenvalue weighted by Crippen LogP contribution is 2.25. The number of anilines is 1. The molecular weight excluding hydrogens is 322 g/mol. The van der Waals surface area contributed by atoms with Crippen molar-refractivity contribution in [3.63, 3.8) is 0 Å². The summed E-state index contributed by atoms with van der Waals surface area (Å²) in [5.41, 5.74) is 3.41. The standard InChI is InChI=1S/C18H23N3O2S/c22-18(6-5-14-7-9-19-10-8-14)21-16-3-1-2-4-17(16)23-11-15-12-24-13-20-15/h1-4,12-14,19H,5-11H2,(H,21,22). The van der Waals surface area contributed by atoms with E-state index in [9.17, 15) is 4.79 Å². The molecule has 0 radical (unpaired) electrons. The fourth-order valence-electron chi connectivity index (χ4n) is 2.87. The molecular formula is C18H23N3O2S. The van der Waals surface area contributed by atoms with Gasteiger partial charge in [-0.3, -0.25) is 4.79 Å². The Hall–Kier alpha value is -1.92. The number of hydrogen-bond donors (Lipinski definition) is 2. The average Bonchev–Trinajstić information content (AvgIpc) is 3.14. The maximum absolute atomic E-state index is 12.2. The van der Waals surface area contributed by atoms with Gasteiger partial charge in [0.2, 0.25) is 5.91 Å². The molecule has 24 heavy (non-hydrogen) atoms. The van der Waals surface area contributed by atoms with Gasteiger partial charge in [-0.2, -0.15) is 0 Å². The Bertz CT molecular complexity index is 639. The first-order valence-electron chi connectivity index (χ1n) is 8.41. The van der Waals surface area contributed by atoms with Gasteiger partial charge in [-0.15, -0.1) is 11.3 Å². The number of piperidine rings is 1. The van der Waals surface area contributed by atoms with Crippen molar-refractivity contribution in [2.24, 2.45) is 5.92 Å². The number of ether oxygens (including phenoxy) is 1. The first kappa shape index (κ1) is 16.9. The van der Waals surface area contributed by atoms with Gasteiger partial charge in [-0.05, 0) is 50.4 Å². The van der Waals surface area contributed by atoms with Crippen molar-refractivity contribution in [3.8, 4) is 5.75 Å². The van der Waals surface area contributed by atoms with Crippen LogP contribution in [0.1, 0.15) is 31.4 Å². The molecule has 2 N–H and O–H groups in total. The Morgan fingerprint density at radius 2 is 2.17 bits per heavy atom. The maximum atomic E-state index is 12.2. The van der Waals surface area contributed by atoms with E-state index in [0.29, 0.717) is 24.7 Å². The zero-order valence-corrected chi connectivity index (χ0v) is 14.5. The van der Waals surface area contributed by atoms with Crippen LogP contribution >= 0.6 is 11.3 Å². The first-order valence-corrected chi connectivity index (χ1v) is 9.35. The van der Waals surface area contributed by atoms with Crippen LogP contribution in [0.5, 0.6) is 5.75 Å². The monoisotopic (exact) mass is 345 g/mol. The van der Waals surface area contributed by atoms with Gasteiger partial charge < -0.3 is 15.4 Å². The molecule has 1 amide bonds. The van der Waals surface area contributed by atoms with Crippen molar-refractivity contribution in [2.75, 3.05) is 18.4 Å². The predicted octanol–water partition coefficient (Wildman–Crippen LogP) is 3.44. The van der Waals surface area contributed by atoms with E-state index >= 15 is 0 Å². The molecule has 6 heteroatoms. The lowest BCUT2D eigenvalue weighted by molar-refractivity contribution is -0.116. The lowest BCUT2D eigenvalue weighted by atomic mass is 9.93. The first-order chi connectivity index (χ1) is 11.8. The fourth-order valence-corrected chi connectivity index (χ4v) is 3.42.